The molecule has 0 aliphatic heterocycles. The molecule has 1 unspecified atom stereocenters. The third-order valence-corrected chi connectivity index (χ3v) is 1.60. The summed E-state index contributed by atoms with van der Waals surface area (Å²) in [6.45, 7) is 2.34. The maximum absolute atomic E-state index is 10.8. The molecule has 0 aliphatic carbocycles. The van der Waals surface area contributed by atoms with Crippen LogP contribution < -0.4 is 16.8 Å². The number of carboxylic acids is 1. The van der Waals surface area contributed by atoms with Crippen LogP contribution in [0, 0.1) is 0 Å². The molecule has 0 saturated carbocycles. The largest absolute Gasteiger partial charge is 0.480 e. The van der Waals surface area contributed by atoms with E-state index in [4.69, 9.17) is 16.6 Å². The van der Waals surface area contributed by atoms with E-state index < -0.39 is 24.0 Å². The van der Waals surface area contributed by atoms with Crippen LogP contribution in [0.5, 0.6) is 0 Å². The van der Waals surface area contributed by atoms with Gasteiger partial charge in [0.1, 0.15) is 6.04 Å². The quantitative estimate of drug-likeness (QED) is 0.395. The minimum atomic E-state index is -1.14. The van der Waals surface area contributed by atoms with E-state index in [-0.39, 0.29) is 6.42 Å². The molecular weight excluding hydrogens is 174 g/mol. The van der Waals surface area contributed by atoms with Crippen molar-refractivity contribution in [3.8, 4) is 0 Å². The average Bonchev–Trinajstić information content (AvgIpc) is 2.03. The Morgan fingerprint density at radius 3 is 2.38 bits per heavy atom. The number of carbonyl (C=O) groups excluding carboxylic acids is 1. The molecule has 0 fully saturated rings. The molecule has 76 valence electrons. The van der Waals surface area contributed by atoms with Gasteiger partial charge in [-0.25, -0.2) is 0 Å². The Kier molecular flexibility index (Phi) is 5.01. The molecule has 0 radical (unpaired) electrons. The van der Waals surface area contributed by atoms with Crippen LogP contribution in [-0.4, -0.2) is 35.6 Å². The van der Waals surface area contributed by atoms with Crippen molar-refractivity contribution in [2.24, 2.45) is 11.5 Å². The summed E-state index contributed by atoms with van der Waals surface area (Å²) in [6.07, 6.45) is 0.0124. The summed E-state index contributed by atoms with van der Waals surface area (Å²) >= 11 is 0. The molecule has 0 aromatic carbocycles. The summed E-state index contributed by atoms with van der Waals surface area (Å²) in [5.41, 5.74) is 10.3. The Balaban J connectivity index is 4.09. The van der Waals surface area contributed by atoms with Crippen LogP contribution in [0.1, 0.15) is 13.3 Å². The first-order valence-corrected chi connectivity index (χ1v) is 4.00. The molecule has 0 rings (SSSR count). The predicted octanol–water partition coefficient (Wildman–Crippen LogP) is -1.75. The van der Waals surface area contributed by atoms with Crippen LogP contribution in [0.2, 0.25) is 0 Å². The van der Waals surface area contributed by atoms with Gasteiger partial charge in [-0.3, -0.25) is 9.59 Å². The van der Waals surface area contributed by atoms with Gasteiger partial charge < -0.3 is 21.9 Å². The Hall–Kier alpha value is -1.14. The van der Waals surface area contributed by atoms with Crippen LogP contribution >= 0.6 is 0 Å². The highest BCUT2D eigenvalue weighted by Crippen LogP contribution is 1.95. The zero-order valence-corrected chi connectivity index (χ0v) is 7.49. The van der Waals surface area contributed by atoms with Crippen molar-refractivity contribution in [3.63, 3.8) is 0 Å². The normalized spacial score (nSPS) is 14.9. The molecule has 0 aliphatic rings. The number of hydrogen-bond donors (Lipinski definition) is 4. The number of likely N-dealkylation sites (N-methyl/N-ethyl adjacent to an activating group) is 1. The zero-order chi connectivity index (χ0) is 10.4. The van der Waals surface area contributed by atoms with Gasteiger partial charge in [-0.1, -0.05) is 6.92 Å². The number of nitrogens with one attached hydrogen (secondary N) is 1. The fourth-order valence-electron chi connectivity index (χ4n) is 0.901. The van der Waals surface area contributed by atoms with Crippen molar-refractivity contribution < 1.29 is 14.7 Å². The Morgan fingerprint density at radius 2 is 2.08 bits per heavy atom. The SMILES string of the molecule is CCNC(C[C@H](N)C(=O)O)C(N)=O. The van der Waals surface area contributed by atoms with Crippen molar-refractivity contribution in [2.45, 2.75) is 25.4 Å². The number of aliphatic carboxylic acids is 1. The first-order valence-electron chi connectivity index (χ1n) is 4.00. The lowest BCUT2D eigenvalue weighted by atomic mass is 10.1. The molecule has 6 N–H and O–H groups in total. The highest BCUT2D eigenvalue weighted by Gasteiger charge is 2.21. The van der Waals surface area contributed by atoms with Gasteiger partial charge in [0.15, 0.2) is 0 Å². The van der Waals surface area contributed by atoms with E-state index in [0.717, 1.165) is 0 Å². The lowest BCUT2D eigenvalue weighted by Gasteiger charge is -2.15. The molecule has 0 aromatic heterocycles. The van der Waals surface area contributed by atoms with Crippen molar-refractivity contribution in [1.29, 1.82) is 0 Å². The lowest BCUT2D eigenvalue weighted by Crippen LogP contribution is -2.46. The first-order chi connectivity index (χ1) is 5.99. The summed E-state index contributed by atoms with van der Waals surface area (Å²) < 4.78 is 0. The number of nitrogens with two attached hydrogens (primary N) is 2. The van der Waals surface area contributed by atoms with Crippen LogP contribution in [0.25, 0.3) is 0 Å². The van der Waals surface area contributed by atoms with Gasteiger partial charge in [0.25, 0.3) is 0 Å². The van der Waals surface area contributed by atoms with E-state index in [1.807, 2.05) is 0 Å². The summed E-state index contributed by atoms with van der Waals surface area (Å²) in [7, 11) is 0. The molecule has 0 saturated heterocycles. The fraction of sp³-hybridized carbons (Fsp3) is 0.714. The fourth-order valence-corrected chi connectivity index (χ4v) is 0.901. The second-order valence-corrected chi connectivity index (χ2v) is 2.69. The summed E-state index contributed by atoms with van der Waals surface area (Å²) in [5.74, 6) is -1.72. The standard InChI is InChI=1S/C7H15N3O3/c1-2-10-5(6(9)11)3-4(8)7(12)13/h4-5,10H,2-3,8H2,1H3,(H2,9,11)(H,12,13)/t4-,5?/m0/s1. The van der Waals surface area contributed by atoms with E-state index in [1.54, 1.807) is 6.92 Å². The molecule has 6 nitrogen and oxygen atoms in total. The molecule has 0 bridgehead atoms. The lowest BCUT2D eigenvalue weighted by molar-refractivity contribution is -0.138. The van der Waals surface area contributed by atoms with Gasteiger partial charge in [-0.15, -0.1) is 0 Å². The topological polar surface area (TPSA) is 118 Å². The Morgan fingerprint density at radius 1 is 1.54 bits per heavy atom. The third-order valence-electron chi connectivity index (χ3n) is 1.60. The maximum Gasteiger partial charge on any atom is 0.320 e. The molecule has 0 spiro atoms. The highest BCUT2D eigenvalue weighted by molar-refractivity contribution is 5.81. The van der Waals surface area contributed by atoms with Crippen LogP contribution in [0.3, 0.4) is 0 Å². The second kappa shape index (κ2) is 5.50. The summed E-state index contributed by atoms with van der Waals surface area (Å²) in [6, 6.07) is -1.73. The molecule has 1 amide bonds. The minimum Gasteiger partial charge on any atom is -0.480 e. The molecule has 2 atom stereocenters. The number of rotatable bonds is 6. The third kappa shape index (κ3) is 4.44. The van der Waals surface area contributed by atoms with Gasteiger partial charge >= 0.3 is 5.97 Å². The van der Waals surface area contributed by atoms with Gasteiger partial charge in [0.05, 0.1) is 6.04 Å². The maximum atomic E-state index is 10.8. The van der Waals surface area contributed by atoms with Gasteiger partial charge in [0.2, 0.25) is 5.91 Å². The van der Waals surface area contributed by atoms with E-state index in [9.17, 15) is 9.59 Å². The van der Waals surface area contributed by atoms with E-state index >= 15 is 0 Å². The Bertz CT molecular complexity index is 195. The predicted molar refractivity (Wildman–Crippen MR) is 46.9 cm³/mol. The van der Waals surface area contributed by atoms with Crippen LogP contribution in [0.15, 0.2) is 0 Å². The van der Waals surface area contributed by atoms with Crippen molar-refractivity contribution >= 4 is 11.9 Å². The number of primary amides is 1. The smallest absolute Gasteiger partial charge is 0.320 e. The van der Waals surface area contributed by atoms with Crippen molar-refractivity contribution in [3.05, 3.63) is 0 Å². The van der Waals surface area contributed by atoms with Crippen molar-refractivity contribution in [2.75, 3.05) is 6.54 Å². The Labute approximate surface area is 76.3 Å². The number of amides is 1. The molecule has 0 aromatic rings. The van der Waals surface area contributed by atoms with E-state index in [1.165, 1.54) is 0 Å². The van der Waals surface area contributed by atoms with E-state index in [2.05, 4.69) is 5.32 Å². The van der Waals surface area contributed by atoms with Gasteiger partial charge in [0, 0.05) is 0 Å². The van der Waals surface area contributed by atoms with Gasteiger partial charge in [-0.2, -0.15) is 0 Å². The molecule has 13 heavy (non-hydrogen) atoms. The first kappa shape index (κ1) is 11.9. The number of hydrogen-bond acceptors (Lipinski definition) is 4. The van der Waals surface area contributed by atoms with Crippen LogP contribution in [0.4, 0.5) is 0 Å². The minimum absolute atomic E-state index is 0.0124. The van der Waals surface area contributed by atoms with Crippen molar-refractivity contribution in [1.82, 2.24) is 5.32 Å². The number of carbonyl (C=O) groups is 2. The molecular formula is C7H15N3O3. The number of carboxylic acid groups (broad SMARTS) is 1. The molecule has 0 heterocycles. The summed E-state index contributed by atoms with van der Waals surface area (Å²) in [5, 5.41) is 11.2. The van der Waals surface area contributed by atoms with E-state index in [0.29, 0.717) is 6.54 Å². The summed E-state index contributed by atoms with van der Waals surface area (Å²) in [4.78, 5) is 21.1. The second-order valence-electron chi connectivity index (χ2n) is 2.69. The zero-order valence-electron chi connectivity index (χ0n) is 7.49. The monoisotopic (exact) mass is 189 g/mol. The van der Waals surface area contributed by atoms with Crippen LogP contribution in [-0.2, 0) is 9.59 Å². The molecule has 6 heteroatoms. The van der Waals surface area contributed by atoms with Gasteiger partial charge in [-0.05, 0) is 13.0 Å². The average molecular weight is 189 g/mol. The highest BCUT2D eigenvalue weighted by atomic mass is 16.4.